The highest BCUT2D eigenvalue weighted by Gasteiger charge is 2.20. The molecule has 15 heavy (non-hydrogen) atoms. The van der Waals surface area contributed by atoms with Crippen molar-refractivity contribution in [2.45, 2.75) is 26.4 Å². The van der Waals surface area contributed by atoms with E-state index in [1.165, 1.54) is 6.08 Å². The summed E-state index contributed by atoms with van der Waals surface area (Å²) < 4.78 is 18.2. The Morgan fingerprint density at radius 1 is 1.33 bits per heavy atom. The van der Waals surface area contributed by atoms with Gasteiger partial charge in [0, 0.05) is 5.92 Å². The van der Waals surface area contributed by atoms with Gasteiger partial charge in [-0.25, -0.2) is 4.79 Å². The molecule has 0 saturated carbocycles. The van der Waals surface area contributed by atoms with Gasteiger partial charge in [-0.15, -0.1) is 0 Å². The molecule has 0 aliphatic heterocycles. The molecular formula is C12H15FO2. The van der Waals surface area contributed by atoms with Gasteiger partial charge in [-0.05, 0) is 26.8 Å². The van der Waals surface area contributed by atoms with Gasteiger partial charge in [-0.2, -0.15) is 4.39 Å². The molecule has 0 aromatic heterocycles. The molecule has 0 unspecified atom stereocenters. The largest absolute Gasteiger partial charge is 0.455 e. The number of carbonyl (C=O) groups is 1. The first-order valence-corrected chi connectivity index (χ1v) is 4.84. The first-order valence-electron chi connectivity index (χ1n) is 4.84. The molecule has 0 aromatic carbocycles. The van der Waals surface area contributed by atoms with Crippen molar-refractivity contribution >= 4 is 5.97 Å². The molecule has 3 heteroatoms. The lowest BCUT2D eigenvalue weighted by molar-refractivity contribution is -0.151. The molecule has 2 nitrogen and oxygen atoms in total. The summed E-state index contributed by atoms with van der Waals surface area (Å²) in [6.07, 6.45) is 8.45. The standard InChI is InChI=1S/C12H15FO2/c1-12(2,3)15-11(14)10(13)8-9-6-4-5-7-9/h4-9H,1-3H3/b10-8-. The fourth-order valence-corrected chi connectivity index (χ4v) is 1.12. The summed E-state index contributed by atoms with van der Waals surface area (Å²) in [6, 6.07) is 0. The van der Waals surface area contributed by atoms with E-state index in [1.807, 2.05) is 12.2 Å². The van der Waals surface area contributed by atoms with Crippen molar-refractivity contribution in [3.63, 3.8) is 0 Å². The van der Waals surface area contributed by atoms with Crippen LogP contribution in [0.15, 0.2) is 36.2 Å². The molecular weight excluding hydrogens is 195 g/mol. The van der Waals surface area contributed by atoms with Gasteiger partial charge in [-0.3, -0.25) is 0 Å². The Bertz CT molecular complexity index is 320. The maximum atomic E-state index is 13.3. The first kappa shape index (κ1) is 11.7. The molecule has 0 fully saturated rings. The van der Waals surface area contributed by atoms with Crippen LogP contribution in [-0.2, 0) is 9.53 Å². The van der Waals surface area contributed by atoms with Crippen molar-refractivity contribution in [1.29, 1.82) is 0 Å². The van der Waals surface area contributed by atoms with Crippen molar-refractivity contribution in [3.05, 3.63) is 36.2 Å². The molecule has 0 bridgehead atoms. The van der Waals surface area contributed by atoms with Crippen molar-refractivity contribution in [2.75, 3.05) is 0 Å². The Morgan fingerprint density at radius 3 is 2.33 bits per heavy atom. The number of carbonyl (C=O) groups excluding carboxylic acids is 1. The lowest BCUT2D eigenvalue weighted by Gasteiger charge is -2.18. The minimum Gasteiger partial charge on any atom is -0.455 e. The third kappa shape index (κ3) is 4.11. The van der Waals surface area contributed by atoms with E-state index >= 15 is 0 Å². The maximum absolute atomic E-state index is 13.3. The number of esters is 1. The fourth-order valence-electron chi connectivity index (χ4n) is 1.12. The molecule has 0 atom stereocenters. The highest BCUT2D eigenvalue weighted by Crippen LogP contribution is 2.16. The third-order valence-corrected chi connectivity index (χ3v) is 1.71. The van der Waals surface area contributed by atoms with Crippen LogP contribution in [0.4, 0.5) is 4.39 Å². The van der Waals surface area contributed by atoms with Crippen molar-refractivity contribution in [1.82, 2.24) is 0 Å². The van der Waals surface area contributed by atoms with Crippen LogP contribution < -0.4 is 0 Å². The Balaban J connectivity index is 2.60. The number of hydrogen-bond acceptors (Lipinski definition) is 2. The Hall–Kier alpha value is -1.38. The van der Waals surface area contributed by atoms with Crippen LogP contribution in [-0.4, -0.2) is 11.6 Å². The van der Waals surface area contributed by atoms with Crippen LogP contribution in [0, 0.1) is 5.92 Å². The van der Waals surface area contributed by atoms with Crippen LogP contribution in [0.25, 0.3) is 0 Å². The van der Waals surface area contributed by atoms with E-state index in [0.717, 1.165) is 0 Å². The second kappa shape index (κ2) is 4.43. The van der Waals surface area contributed by atoms with Gasteiger partial charge in [0.2, 0.25) is 5.83 Å². The van der Waals surface area contributed by atoms with E-state index in [1.54, 1.807) is 32.9 Å². The van der Waals surface area contributed by atoms with E-state index in [9.17, 15) is 9.18 Å². The van der Waals surface area contributed by atoms with Crippen LogP contribution >= 0.6 is 0 Å². The van der Waals surface area contributed by atoms with Gasteiger partial charge in [-0.1, -0.05) is 24.3 Å². The zero-order valence-corrected chi connectivity index (χ0v) is 9.16. The summed E-state index contributed by atoms with van der Waals surface area (Å²) in [7, 11) is 0. The van der Waals surface area contributed by atoms with E-state index in [4.69, 9.17) is 4.74 Å². The minimum atomic E-state index is -0.906. The third-order valence-electron chi connectivity index (χ3n) is 1.71. The summed E-state index contributed by atoms with van der Waals surface area (Å²) >= 11 is 0. The molecule has 0 aromatic rings. The van der Waals surface area contributed by atoms with Crippen molar-refractivity contribution < 1.29 is 13.9 Å². The predicted octanol–water partition coefficient (Wildman–Crippen LogP) is 2.92. The van der Waals surface area contributed by atoms with Crippen LogP contribution in [0.3, 0.4) is 0 Å². The Kier molecular flexibility index (Phi) is 3.45. The summed E-state index contributed by atoms with van der Waals surface area (Å²) in [5, 5.41) is 0. The lowest BCUT2D eigenvalue weighted by Crippen LogP contribution is -2.24. The zero-order valence-electron chi connectivity index (χ0n) is 9.16. The highest BCUT2D eigenvalue weighted by atomic mass is 19.1. The molecule has 1 aliphatic rings. The number of rotatable bonds is 2. The van der Waals surface area contributed by atoms with Gasteiger partial charge in [0.25, 0.3) is 0 Å². The van der Waals surface area contributed by atoms with Gasteiger partial charge >= 0.3 is 5.97 Å². The number of hydrogen-bond donors (Lipinski definition) is 0. The van der Waals surface area contributed by atoms with Crippen molar-refractivity contribution in [3.8, 4) is 0 Å². The molecule has 0 spiro atoms. The predicted molar refractivity (Wildman–Crippen MR) is 56.8 cm³/mol. The summed E-state index contributed by atoms with van der Waals surface area (Å²) in [5.41, 5.74) is -0.663. The lowest BCUT2D eigenvalue weighted by atomic mass is 10.1. The molecule has 0 saturated heterocycles. The topological polar surface area (TPSA) is 26.3 Å². The van der Waals surface area contributed by atoms with Gasteiger partial charge in [0.1, 0.15) is 5.60 Å². The van der Waals surface area contributed by atoms with Gasteiger partial charge in [0.15, 0.2) is 0 Å². The summed E-state index contributed by atoms with van der Waals surface area (Å²) in [5.74, 6) is -1.89. The smallest absolute Gasteiger partial charge is 0.367 e. The summed E-state index contributed by atoms with van der Waals surface area (Å²) in [4.78, 5) is 11.2. The maximum Gasteiger partial charge on any atom is 0.367 e. The van der Waals surface area contributed by atoms with E-state index in [0.29, 0.717) is 0 Å². The monoisotopic (exact) mass is 210 g/mol. The number of halogens is 1. The van der Waals surface area contributed by atoms with E-state index in [-0.39, 0.29) is 5.92 Å². The molecule has 82 valence electrons. The summed E-state index contributed by atoms with van der Waals surface area (Å²) in [6.45, 7) is 5.11. The van der Waals surface area contributed by atoms with Crippen molar-refractivity contribution in [2.24, 2.45) is 5.92 Å². The molecule has 0 heterocycles. The molecule has 0 amide bonds. The Morgan fingerprint density at radius 2 is 1.87 bits per heavy atom. The average molecular weight is 210 g/mol. The van der Waals surface area contributed by atoms with Crippen LogP contribution in [0.2, 0.25) is 0 Å². The second-order valence-corrected chi connectivity index (χ2v) is 4.36. The second-order valence-electron chi connectivity index (χ2n) is 4.36. The van der Waals surface area contributed by atoms with E-state index < -0.39 is 17.4 Å². The van der Waals surface area contributed by atoms with E-state index in [2.05, 4.69) is 0 Å². The molecule has 1 rings (SSSR count). The SMILES string of the molecule is CC(C)(C)OC(=O)/C(F)=C/C1C=CC=C1. The number of ether oxygens (including phenoxy) is 1. The fraction of sp³-hybridized carbons (Fsp3) is 0.417. The minimum absolute atomic E-state index is 0.141. The van der Waals surface area contributed by atoms with Crippen LogP contribution in [0.5, 0.6) is 0 Å². The quantitative estimate of drug-likeness (QED) is 0.517. The van der Waals surface area contributed by atoms with Gasteiger partial charge < -0.3 is 4.74 Å². The first-order chi connectivity index (χ1) is 6.88. The zero-order chi connectivity index (χ0) is 11.5. The molecule has 0 N–H and O–H groups in total. The highest BCUT2D eigenvalue weighted by molar-refractivity contribution is 5.86. The number of allylic oxidation sites excluding steroid dienone is 5. The molecule has 1 aliphatic carbocycles. The van der Waals surface area contributed by atoms with Gasteiger partial charge in [0.05, 0.1) is 0 Å². The van der Waals surface area contributed by atoms with Crippen LogP contribution in [0.1, 0.15) is 20.8 Å². The normalized spacial score (nSPS) is 17.2. The molecule has 0 radical (unpaired) electrons. The Labute approximate surface area is 89.1 Å². The average Bonchev–Trinajstić information content (AvgIpc) is 2.53.